The second kappa shape index (κ2) is 10.3. The maximum atomic E-state index is 12.8. The fourth-order valence-electron chi connectivity index (χ4n) is 4.69. The van der Waals surface area contributed by atoms with Gasteiger partial charge in [0, 0.05) is 42.1 Å². The van der Waals surface area contributed by atoms with Crippen LogP contribution >= 0.6 is 11.3 Å². The molecule has 0 saturated carbocycles. The predicted molar refractivity (Wildman–Crippen MR) is 145 cm³/mol. The molecule has 1 fully saturated rings. The van der Waals surface area contributed by atoms with Crippen LogP contribution in [-0.2, 0) is 27.8 Å². The lowest BCUT2D eigenvalue weighted by molar-refractivity contribution is -0.154. The predicted octanol–water partition coefficient (Wildman–Crippen LogP) is 4.39. The Morgan fingerprint density at radius 3 is 2.74 bits per heavy atom. The van der Waals surface area contributed by atoms with Crippen molar-refractivity contribution in [1.29, 1.82) is 0 Å². The number of amidine groups is 1. The van der Waals surface area contributed by atoms with Crippen molar-refractivity contribution in [2.45, 2.75) is 58.5 Å². The zero-order chi connectivity index (χ0) is 27.0. The molecule has 0 amide bonds. The van der Waals surface area contributed by atoms with Crippen molar-refractivity contribution in [1.82, 2.24) is 19.9 Å². The molecule has 5 rings (SSSR count). The smallest absolute Gasteiger partial charge is 0.334 e. The molecular weight excluding hydrogens is 502 g/mol. The first-order valence-corrected chi connectivity index (χ1v) is 13.5. The van der Waals surface area contributed by atoms with Crippen LogP contribution in [0.1, 0.15) is 58.6 Å². The first kappa shape index (κ1) is 26.1. The molecule has 0 aliphatic carbocycles. The van der Waals surface area contributed by atoms with Crippen molar-refractivity contribution < 1.29 is 19.4 Å². The van der Waals surface area contributed by atoms with Gasteiger partial charge in [-0.25, -0.2) is 24.7 Å². The summed E-state index contributed by atoms with van der Waals surface area (Å²) < 4.78 is 5.35. The summed E-state index contributed by atoms with van der Waals surface area (Å²) in [4.78, 5) is 44.9. The standard InChI is InChI=1S/C28H31N5O4S/c1-16-11-18(6-5-17(16)7-8-20(34)22-13-29-27(38-22)28(2,3)4)24-19-12-23(32-25(19)31-15-30-24)33-9-10-37-21(14-33)26(35)36/h5-6,11,13,15,21H,7-10,12,14H2,1-4H3,(H,35,36). The Morgan fingerprint density at radius 2 is 2.03 bits per heavy atom. The van der Waals surface area contributed by atoms with Gasteiger partial charge in [-0.2, -0.15) is 0 Å². The number of carboxylic acids is 1. The van der Waals surface area contributed by atoms with Crippen molar-refractivity contribution in [3.05, 3.63) is 57.3 Å². The van der Waals surface area contributed by atoms with Gasteiger partial charge in [-0.1, -0.05) is 32.9 Å². The van der Waals surface area contributed by atoms with Crippen LogP contribution in [0.4, 0.5) is 5.82 Å². The molecule has 2 aliphatic heterocycles. The summed E-state index contributed by atoms with van der Waals surface area (Å²) in [6.45, 7) is 9.54. The SMILES string of the molecule is Cc1cc(-c2ncnc3c2CC(N2CCOC(C(=O)O)C2)=N3)ccc1CCC(=O)c1cnc(C(C)(C)C)s1. The number of aliphatic carboxylic acids is 1. The maximum Gasteiger partial charge on any atom is 0.334 e. The van der Waals surface area contributed by atoms with Crippen molar-refractivity contribution in [3.8, 4) is 11.3 Å². The van der Waals surface area contributed by atoms with Gasteiger partial charge in [-0.3, -0.25) is 4.79 Å². The molecule has 4 heterocycles. The molecule has 1 N–H and O–H groups in total. The highest BCUT2D eigenvalue weighted by atomic mass is 32.1. The number of Topliss-reactive ketones (excluding diaryl/α,β-unsaturated/α-hetero) is 1. The zero-order valence-electron chi connectivity index (χ0n) is 22.0. The van der Waals surface area contributed by atoms with E-state index < -0.39 is 12.1 Å². The van der Waals surface area contributed by atoms with E-state index in [1.165, 1.54) is 17.7 Å². The second-order valence-electron chi connectivity index (χ2n) is 10.7. The van der Waals surface area contributed by atoms with Crippen molar-refractivity contribution >= 4 is 34.7 Å². The molecular formula is C28H31N5O4S. The van der Waals surface area contributed by atoms with E-state index in [1.807, 2.05) is 11.0 Å². The van der Waals surface area contributed by atoms with Crippen molar-refractivity contribution in [3.63, 3.8) is 0 Å². The van der Waals surface area contributed by atoms with Gasteiger partial charge >= 0.3 is 5.97 Å². The van der Waals surface area contributed by atoms with E-state index in [4.69, 9.17) is 9.73 Å². The molecule has 3 aromatic rings. The number of hydrogen-bond acceptors (Lipinski definition) is 9. The van der Waals surface area contributed by atoms with Gasteiger partial charge in [-0.05, 0) is 30.5 Å². The Bertz CT molecular complexity index is 1420. The summed E-state index contributed by atoms with van der Waals surface area (Å²) in [5.41, 5.74) is 4.88. The number of aryl methyl sites for hydroxylation is 2. The van der Waals surface area contributed by atoms with Gasteiger partial charge in [0.1, 0.15) is 12.2 Å². The van der Waals surface area contributed by atoms with Crippen LogP contribution in [0.5, 0.6) is 0 Å². The highest BCUT2D eigenvalue weighted by Crippen LogP contribution is 2.34. The number of aromatic nitrogens is 3. The number of fused-ring (bicyclic) bond motifs is 1. The summed E-state index contributed by atoms with van der Waals surface area (Å²) in [5.74, 6) is 0.564. The third-order valence-electron chi connectivity index (χ3n) is 6.86. The van der Waals surface area contributed by atoms with Gasteiger partial charge in [-0.15, -0.1) is 11.3 Å². The lowest BCUT2D eigenvalue weighted by atomic mass is 9.97. The second-order valence-corrected chi connectivity index (χ2v) is 11.7. The third kappa shape index (κ3) is 5.37. The highest BCUT2D eigenvalue weighted by molar-refractivity contribution is 7.13. The zero-order valence-corrected chi connectivity index (χ0v) is 22.8. The summed E-state index contributed by atoms with van der Waals surface area (Å²) in [6, 6.07) is 6.20. The number of rotatable bonds is 6. The third-order valence-corrected chi connectivity index (χ3v) is 8.32. The molecule has 2 aliphatic rings. The Kier molecular flexibility index (Phi) is 7.11. The van der Waals surface area contributed by atoms with Gasteiger partial charge in [0.05, 0.1) is 28.7 Å². The Labute approximate surface area is 225 Å². The van der Waals surface area contributed by atoms with E-state index in [9.17, 15) is 14.7 Å². The molecule has 0 radical (unpaired) electrons. The number of carbonyl (C=O) groups excluding carboxylic acids is 1. The molecule has 1 aromatic carbocycles. The maximum absolute atomic E-state index is 12.8. The van der Waals surface area contributed by atoms with Crippen LogP contribution in [0.2, 0.25) is 0 Å². The molecule has 1 unspecified atom stereocenters. The Hall–Kier alpha value is -3.50. The molecule has 38 heavy (non-hydrogen) atoms. The Balaban J connectivity index is 1.28. The van der Waals surface area contributed by atoms with E-state index in [1.54, 1.807) is 6.20 Å². The number of aliphatic imine (C=N–C) groups is 1. The molecule has 0 spiro atoms. The highest BCUT2D eigenvalue weighted by Gasteiger charge is 2.31. The van der Waals surface area contributed by atoms with Gasteiger partial charge < -0.3 is 14.7 Å². The van der Waals surface area contributed by atoms with Crippen LogP contribution in [0, 0.1) is 6.92 Å². The molecule has 0 bridgehead atoms. The number of nitrogens with zero attached hydrogens (tertiary/aromatic N) is 5. The van der Waals surface area contributed by atoms with Crippen LogP contribution in [-0.4, -0.2) is 68.3 Å². The average molecular weight is 534 g/mol. The fourth-order valence-corrected chi connectivity index (χ4v) is 5.63. The monoisotopic (exact) mass is 533 g/mol. The molecule has 1 atom stereocenters. The minimum absolute atomic E-state index is 0.0638. The van der Waals surface area contributed by atoms with E-state index >= 15 is 0 Å². The van der Waals surface area contributed by atoms with Crippen molar-refractivity contribution in [2.24, 2.45) is 4.99 Å². The molecule has 2 aromatic heterocycles. The topological polar surface area (TPSA) is 118 Å². The molecule has 1 saturated heterocycles. The van der Waals surface area contributed by atoms with Crippen LogP contribution < -0.4 is 0 Å². The molecule has 9 nitrogen and oxygen atoms in total. The number of carbonyl (C=O) groups is 2. The Morgan fingerprint density at radius 1 is 1.21 bits per heavy atom. The summed E-state index contributed by atoms with van der Waals surface area (Å²) in [5, 5.41) is 10.3. The minimum Gasteiger partial charge on any atom is -0.479 e. The molecule has 10 heteroatoms. The number of morpholine rings is 1. The normalized spacial score (nSPS) is 17.3. The molecule has 198 valence electrons. The van der Waals surface area contributed by atoms with Crippen molar-refractivity contribution in [2.75, 3.05) is 19.7 Å². The van der Waals surface area contributed by atoms with E-state index in [-0.39, 0.29) is 17.7 Å². The lowest BCUT2D eigenvalue weighted by Gasteiger charge is -2.32. The number of benzene rings is 1. The summed E-state index contributed by atoms with van der Waals surface area (Å²) in [7, 11) is 0. The van der Waals surface area contributed by atoms with Crippen LogP contribution in [0.15, 0.2) is 35.7 Å². The van der Waals surface area contributed by atoms with Crippen LogP contribution in [0.25, 0.3) is 11.3 Å². The first-order chi connectivity index (χ1) is 18.1. The summed E-state index contributed by atoms with van der Waals surface area (Å²) >= 11 is 1.48. The van der Waals surface area contributed by atoms with Crippen LogP contribution in [0.3, 0.4) is 0 Å². The van der Waals surface area contributed by atoms with E-state index in [0.29, 0.717) is 43.1 Å². The van der Waals surface area contributed by atoms with Gasteiger partial charge in [0.2, 0.25) is 0 Å². The van der Waals surface area contributed by atoms with Gasteiger partial charge in [0.15, 0.2) is 17.7 Å². The first-order valence-electron chi connectivity index (χ1n) is 12.7. The number of ether oxygens (including phenoxy) is 1. The fraction of sp³-hybridized carbons (Fsp3) is 0.429. The minimum atomic E-state index is -0.967. The number of carboxylic acid groups (broad SMARTS) is 1. The number of thiazole rings is 1. The lowest BCUT2D eigenvalue weighted by Crippen LogP contribution is -2.48. The van der Waals surface area contributed by atoms with Gasteiger partial charge in [0.25, 0.3) is 0 Å². The number of hydrogen-bond donors (Lipinski definition) is 1. The summed E-state index contributed by atoms with van der Waals surface area (Å²) in [6.07, 6.45) is 3.99. The number of ketones is 1. The largest absolute Gasteiger partial charge is 0.479 e. The van der Waals surface area contributed by atoms with E-state index in [0.717, 1.165) is 38.8 Å². The van der Waals surface area contributed by atoms with E-state index in [2.05, 4.69) is 54.8 Å². The quantitative estimate of drug-likeness (QED) is 0.464. The average Bonchev–Trinajstić information content (AvgIpc) is 3.56.